The minimum atomic E-state index is -3.57. The quantitative estimate of drug-likeness (QED) is 0.732. The van der Waals surface area contributed by atoms with Crippen LogP contribution in [0.25, 0.3) is 0 Å². The zero-order valence-electron chi connectivity index (χ0n) is 7.31. The number of halogens is 4. The minimum Gasteiger partial charge on any atom is -0.431 e. The van der Waals surface area contributed by atoms with E-state index in [2.05, 4.69) is 4.74 Å². The predicted octanol–water partition coefficient (Wildman–Crippen LogP) is 3.77. The van der Waals surface area contributed by atoms with Crippen molar-refractivity contribution in [2.45, 2.75) is 17.9 Å². The van der Waals surface area contributed by atoms with Gasteiger partial charge < -0.3 is 4.74 Å². The first kappa shape index (κ1) is 11.5. The Morgan fingerprint density at radius 1 is 1.36 bits per heavy atom. The summed E-state index contributed by atoms with van der Waals surface area (Å²) in [6.45, 7) is 1.77. The second-order valence-electron chi connectivity index (χ2n) is 2.78. The molecule has 0 spiro atoms. The Balaban J connectivity index is 2.78. The number of aryl methyl sites for hydroxylation is 1. The number of rotatable bonds is 3. The highest BCUT2D eigenvalue weighted by molar-refractivity contribution is 6.44. The molecule has 0 aliphatic rings. The molecule has 1 aromatic rings. The van der Waals surface area contributed by atoms with Crippen molar-refractivity contribution in [1.29, 1.82) is 0 Å². The van der Waals surface area contributed by atoms with Gasteiger partial charge in [-0.3, -0.25) is 0 Å². The van der Waals surface area contributed by atoms with Gasteiger partial charge in [0.2, 0.25) is 4.84 Å². The highest BCUT2D eigenvalue weighted by atomic mass is 35.5. The Labute approximate surface area is 90.6 Å². The zero-order valence-corrected chi connectivity index (χ0v) is 8.82. The first-order valence-electron chi connectivity index (χ1n) is 3.83. The van der Waals surface area contributed by atoms with Gasteiger partial charge in [0.15, 0.2) is 0 Å². The van der Waals surface area contributed by atoms with Crippen molar-refractivity contribution in [1.82, 2.24) is 0 Å². The monoisotopic (exact) mass is 240 g/mol. The molecule has 0 amide bonds. The van der Waals surface area contributed by atoms with Crippen LogP contribution < -0.4 is 4.74 Å². The summed E-state index contributed by atoms with van der Waals surface area (Å²) in [6, 6.07) is 6.27. The van der Waals surface area contributed by atoms with Gasteiger partial charge in [0.05, 0.1) is 0 Å². The standard InChI is InChI=1S/C9H8Cl2F2O/c1-6-3-2-4-7(5-6)14-9(12,13)8(10)11/h2-5,8H,1H3. The van der Waals surface area contributed by atoms with Crippen molar-refractivity contribution in [2.75, 3.05) is 0 Å². The molecule has 14 heavy (non-hydrogen) atoms. The van der Waals surface area contributed by atoms with E-state index in [1.54, 1.807) is 19.1 Å². The molecule has 0 heterocycles. The molecule has 0 saturated heterocycles. The van der Waals surface area contributed by atoms with Crippen LogP contribution in [-0.4, -0.2) is 10.9 Å². The van der Waals surface area contributed by atoms with E-state index in [-0.39, 0.29) is 5.75 Å². The molecule has 0 radical (unpaired) electrons. The lowest BCUT2D eigenvalue weighted by Crippen LogP contribution is -2.32. The molecule has 0 aliphatic heterocycles. The molecule has 1 rings (SSSR count). The number of benzene rings is 1. The van der Waals surface area contributed by atoms with Crippen molar-refractivity contribution < 1.29 is 13.5 Å². The van der Waals surface area contributed by atoms with Crippen LogP contribution >= 0.6 is 23.2 Å². The van der Waals surface area contributed by atoms with E-state index in [4.69, 9.17) is 23.2 Å². The van der Waals surface area contributed by atoms with E-state index in [0.717, 1.165) is 5.56 Å². The Bertz CT molecular complexity index is 315. The molecule has 0 N–H and O–H groups in total. The highest BCUT2D eigenvalue weighted by Gasteiger charge is 2.40. The third-order valence-electron chi connectivity index (χ3n) is 1.50. The molecule has 0 aliphatic carbocycles. The molecular formula is C9H8Cl2F2O. The van der Waals surface area contributed by atoms with Crippen LogP contribution in [0, 0.1) is 6.92 Å². The lowest BCUT2D eigenvalue weighted by molar-refractivity contribution is -0.163. The summed E-state index contributed by atoms with van der Waals surface area (Å²) in [7, 11) is 0. The van der Waals surface area contributed by atoms with Crippen LogP contribution in [-0.2, 0) is 0 Å². The number of hydrogen-bond acceptors (Lipinski definition) is 1. The molecule has 0 atom stereocenters. The summed E-state index contributed by atoms with van der Waals surface area (Å²) in [5.74, 6) is 0.0429. The summed E-state index contributed by atoms with van der Waals surface area (Å²) >= 11 is 10.1. The van der Waals surface area contributed by atoms with Crippen LogP contribution in [0.15, 0.2) is 24.3 Å². The Morgan fingerprint density at radius 2 is 2.00 bits per heavy atom. The molecule has 1 aromatic carbocycles. The summed E-state index contributed by atoms with van der Waals surface area (Å²) in [5.41, 5.74) is 0.819. The maximum atomic E-state index is 12.9. The fourth-order valence-electron chi connectivity index (χ4n) is 0.881. The fourth-order valence-corrected chi connectivity index (χ4v) is 0.970. The second kappa shape index (κ2) is 4.32. The van der Waals surface area contributed by atoms with Crippen LogP contribution in [0.2, 0.25) is 0 Å². The van der Waals surface area contributed by atoms with E-state index in [0.29, 0.717) is 0 Å². The smallest absolute Gasteiger partial charge is 0.428 e. The van der Waals surface area contributed by atoms with Gasteiger partial charge in [0.25, 0.3) is 0 Å². The van der Waals surface area contributed by atoms with Crippen LogP contribution in [0.4, 0.5) is 8.78 Å². The summed E-state index contributed by atoms with van der Waals surface area (Å²) in [5, 5.41) is 0. The van der Waals surface area contributed by atoms with Crippen molar-refractivity contribution in [3.63, 3.8) is 0 Å². The highest BCUT2D eigenvalue weighted by Crippen LogP contribution is 2.30. The maximum absolute atomic E-state index is 12.9. The molecule has 0 saturated carbocycles. The predicted molar refractivity (Wildman–Crippen MR) is 52.2 cm³/mol. The average Bonchev–Trinajstić information content (AvgIpc) is 2.02. The third-order valence-corrected chi connectivity index (χ3v) is 2.01. The van der Waals surface area contributed by atoms with Gasteiger partial charge in [0, 0.05) is 0 Å². The van der Waals surface area contributed by atoms with E-state index in [1.165, 1.54) is 12.1 Å². The summed E-state index contributed by atoms with van der Waals surface area (Å²) < 4.78 is 30.1. The van der Waals surface area contributed by atoms with Crippen LogP contribution in [0.3, 0.4) is 0 Å². The summed E-state index contributed by atoms with van der Waals surface area (Å²) in [4.78, 5) is -1.89. The first-order chi connectivity index (χ1) is 6.42. The molecular weight excluding hydrogens is 233 g/mol. The minimum absolute atomic E-state index is 0.0429. The molecule has 78 valence electrons. The molecule has 0 bridgehead atoms. The van der Waals surface area contributed by atoms with Crippen molar-refractivity contribution in [3.8, 4) is 5.75 Å². The topological polar surface area (TPSA) is 9.23 Å². The maximum Gasteiger partial charge on any atom is 0.428 e. The molecule has 0 aromatic heterocycles. The van der Waals surface area contributed by atoms with Gasteiger partial charge in [0.1, 0.15) is 5.75 Å². The fraction of sp³-hybridized carbons (Fsp3) is 0.333. The van der Waals surface area contributed by atoms with E-state index >= 15 is 0 Å². The van der Waals surface area contributed by atoms with E-state index < -0.39 is 10.9 Å². The van der Waals surface area contributed by atoms with Gasteiger partial charge in [-0.25, -0.2) is 0 Å². The van der Waals surface area contributed by atoms with Crippen molar-refractivity contribution in [2.24, 2.45) is 0 Å². The largest absolute Gasteiger partial charge is 0.431 e. The number of alkyl halides is 4. The average molecular weight is 241 g/mol. The van der Waals surface area contributed by atoms with Gasteiger partial charge in [-0.05, 0) is 24.6 Å². The Kier molecular flexibility index (Phi) is 3.56. The summed E-state index contributed by atoms with van der Waals surface area (Å²) in [6.07, 6.45) is -3.57. The molecule has 5 heteroatoms. The van der Waals surface area contributed by atoms with Crippen molar-refractivity contribution >= 4 is 23.2 Å². The van der Waals surface area contributed by atoms with Crippen LogP contribution in [0.5, 0.6) is 5.75 Å². The van der Waals surface area contributed by atoms with Gasteiger partial charge in [-0.1, -0.05) is 35.3 Å². The third kappa shape index (κ3) is 3.00. The SMILES string of the molecule is Cc1cccc(OC(F)(F)C(Cl)Cl)c1. The van der Waals surface area contributed by atoms with Gasteiger partial charge >= 0.3 is 6.11 Å². The lowest BCUT2D eigenvalue weighted by atomic mass is 10.2. The lowest BCUT2D eigenvalue weighted by Gasteiger charge is -2.18. The Hall–Kier alpha value is -0.540. The number of hydrogen-bond donors (Lipinski definition) is 0. The second-order valence-corrected chi connectivity index (χ2v) is 3.88. The Morgan fingerprint density at radius 3 is 2.50 bits per heavy atom. The zero-order chi connectivity index (χ0) is 10.8. The first-order valence-corrected chi connectivity index (χ1v) is 4.71. The van der Waals surface area contributed by atoms with Gasteiger partial charge in [-0.2, -0.15) is 8.78 Å². The van der Waals surface area contributed by atoms with Crippen LogP contribution in [0.1, 0.15) is 5.56 Å². The molecule has 1 nitrogen and oxygen atoms in total. The van der Waals surface area contributed by atoms with Crippen molar-refractivity contribution in [3.05, 3.63) is 29.8 Å². The molecule has 0 fully saturated rings. The normalized spacial score (nSPS) is 11.9. The molecule has 0 unspecified atom stereocenters. The van der Waals surface area contributed by atoms with E-state index in [9.17, 15) is 8.78 Å². The van der Waals surface area contributed by atoms with Gasteiger partial charge in [-0.15, -0.1) is 0 Å². The number of ether oxygens (including phenoxy) is 1. The van der Waals surface area contributed by atoms with E-state index in [1.807, 2.05) is 0 Å².